The van der Waals surface area contributed by atoms with Crippen molar-refractivity contribution >= 4 is 23.2 Å². The van der Waals surface area contributed by atoms with E-state index >= 15 is 0 Å². The smallest absolute Gasteiger partial charge is 0.255 e. The van der Waals surface area contributed by atoms with Crippen LogP contribution in [0.1, 0.15) is 48.2 Å². The van der Waals surface area contributed by atoms with Crippen LogP contribution >= 0.6 is 0 Å². The van der Waals surface area contributed by atoms with Gasteiger partial charge >= 0.3 is 0 Å². The number of carbonyl (C=O) groups is 3. The maximum atomic E-state index is 13.9. The van der Waals surface area contributed by atoms with Crippen LogP contribution in [0, 0.1) is 17.8 Å². The minimum atomic E-state index is -2.65. The molecule has 11 nitrogen and oxygen atoms in total. The second-order valence-corrected chi connectivity index (χ2v) is 12.0. The van der Waals surface area contributed by atoms with E-state index in [-0.39, 0.29) is 29.7 Å². The van der Waals surface area contributed by atoms with E-state index in [1.165, 1.54) is 11.0 Å². The van der Waals surface area contributed by atoms with E-state index in [4.69, 9.17) is 5.73 Å². The van der Waals surface area contributed by atoms with E-state index in [0.717, 1.165) is 24.2 Å². The number of phenols is 1. The average molecular weight is 557 g/mol. The molecule has 1 amide bonds. The summed E-state index contributed by atoms with van der Waals surface area (Å²) in [7, 11) is 6.92. The molecule has 4 atom stereocenters. The maximum Gasteiger partial charge on any atom is 0.255 e. The SMILES string of the molecule is CC(C)CCNCc1cc(O)c2c(c1N(C)C)C[C@H]1C[C@H]3[C@H](N(C)C)C(O)=C(C(N)=O)C(=O)[C@@]3(O)C(O)=C1C2=O. The number of carbonyl (C=O) groups excluding carboxylic acids is 3. The zero-order valence-corrected chi connectivity index (χ0v) is 23.9. The van der Waals surface area contributed by atoms with Crippen molar-refractivity contribution in [1.29, 1.82) is 0 Å². The van der Waals surface area contributed by atoms with Crippen molar-refractivity contribution in [2.24, 2.45) is 23.5 Å². The van der Waals surface area contributed by atoms with E-state index in [9.17, 15) is 34.8 Å². The number of amides is 1. The fourth-order valence-corrected chi connectivity index (χ4v) is 6.68. The first kappa shape index (κ1) is 29.6. The molecule has 3 aliphatic rings. The summed E-state index contributed by atoms with van der Waals surface area (Å²) in [6.45, 7) is 5.54. The van der Waals surface area contributed by atoms with E-state index in [1.54, 1.807) is 14.1 Å². The molecule has 11 heteroatoms. The Labute approximate surface area is 233 Å². The number of aliphatic hydroxyl groups excluding tert-OH is 2. The second kappa shape index (κ2) is 10.5. The molecule has 0 aliphatic heterocycles. The van der Waals surface area contributed by atoms with Crippen molar-refractivity contribution in [1.82, 2.24) is 10.2 Å². The molecule has 218 valence electrons. The van der Waals surface area contributed by atoms with Crippen LogP contribution in [-0.2, 0) is 22.6 Å². The fourth-order valence-electron chi connectivity index (χ4n) is 6.68. The number of aliphatic hydroxyl groups is 3. The van der Waals surface area contributed by atoms with Crippen LogP contribution in [0.25, 0.3) is 0 Å². The number of nitrogens with one attached hydrogen (secondary N) is 1. The molecule has 0 fully saturated rings. The molecule has 0 bridgehead atoms. The summed E-state index contributed by atoms with van der Waals surface area (Å²) < 4.78 is 0. The van der Waals surface area contributed by atoms with Gasteiger partial charge in [0.1, 0.15) is 22.8 Å². The van der Waals surface area contributed by atoms with Crippen molar-refractivity contribution in [3.63, 3.8) is 0 Å². The summed E-state index contributed by atoms with van der Waals surface area (Å²) in [6.07, 6.45) is 1.28. The van der Waals surface area contributed by atoms with E-state index in [0.29, 0.717) is 18.0 Å². The molecule has 0 unspecified atom stereocenters. The van der Waals surface area contributed by atoms with E-state index in [2.05, 4.69) is 19.2 Å². The zero-order valence-electron chi connectivity index (χ0n) is 23.9. The van der Waals surface area contributed by atoms with Gasteiger partial charge in [-0.1, -0.05) is 13.8 Å². The number of fused-ring (bicyclic) bond motifs is 3. The highest BCUT2D eigenvalue weighted by Crippen LogP contribution is 2.53. The maximum absolute atomic E-state index is 13.9. The lowest BCUT2D eigenvalue weighted by atomic mass is 9.58. The fraction of sp³-hybridized carbons (Fsp3) is 0.552. The Morgan fingerprint density at radius 1 is 1.18 bits per heavy atom. The third-order valence-electron chi connectivity index (χ3n) is 8.44. The van der Waals surface area contributed by atoms with Crippen LogP contribution in [0.15, 0.2) is 28.7 Å². The minimum absolute atomic E-state index is 0.00964. The molecule has 0 aromatic heterocycles. The summed E-state index contributed by atoms with van der Waals surface area (Å²) in [4.78, 5) is 42.9. The number of anilines is 1. The van der Waals surface area contributed by atoms with Gasteiger partial charge in [0.25, 0.3) is 5.91 Å². The minimum Gasteiger partial charge on any atom is -0.510 e. The zero-order chi connectivity index (χ0) is 29.8. The van der Waals surface area contributed by atoms with Crippen LogP contribution in [0.3, 0.4) is 0 Å². The highest BCUT2D eigenvalue weighted by atomic mass is 16.3. The van der Waals surface area contributed by atoms with Crippen molar-refractivity contribution in [3.05, 3.63) is 45.4 Å². The Morgan fingerprint density at radius 2 is 1.82 bits per heavy atom. The summed E-state index contributed by atoms with van der Waals surface area (Å²) in [6, 6.07) is 0.510. The van der Waals surface area contributed by atoms with Gasteiger partial charge < -0.3 is 36.4 Å². The van der Waals surface area contributed by atoms with Crippen molar-refractivity contribution < 1.29 is 34.8 Å². The highest BCUT2D eigenvalue weighted by Gasteiger charge is 2.63. The number of ketones is 2. The quantitative estimate of drug-likeness (QED) is 0.202. The Hall–Kier alpha value is -3.41. The molecule has 0 heterocycles. The molecule has 3 aliphatic carbocycles. The number of aromatic hydroxyl groups is 1. The lowest BCUT2D eigenvalue weighted by molar-refractivity contribution is -0.148. The van der Waals surface area contributed by atoms with Gasteiger partial charge in [-0.15, -0.1) is 0 Å². The number of hydrogen-bond acceptors (Lipinski definition) is 10. The topological polar surface area (TPSA) is 177 Å². The number of rotatable bonds is 8. The number of nitrogens with zero attached hydrogens (tertiary/aromatic N) is 2. The number of hydrogen-bond donors (Lipinski definition) is 6. The van der Waals surface area contributed by atoms with E-state index in [1.807, 2.05) is 19.0 Å². The lowest BCUT2D eigenvalue weighted by Crippen LogP contribution is -2.63. The first-order valence-electron chi connectivity index (χ1n) is 13.5. The largest absolute Gasteiger partial charge is 0.510 e. The predicted molar refractivity (Wildman–Crippen MR) is 149 cm³/mol. The normalized spacial score (nSPS) is 26.3. The number of nitrogens with two attached hydrogens (primary N) is 1. The summed E-state index contributed by atoms with van der Waals surface area (Å²) in [5.41, 5.74) is 3.97. The third-order valence-corrected chi connectivity index (χ3v) is 8.44. The lowest BCUT2D eigenvalue weighted by Gasteiger charge is -2.50. The van der Waals surface area contributed by atoms with Crippen LogP contribution in [0.2, 0.25) is 0 Å². The van der Waals surface area contributed by atoms with Crippen LogP contribution < -0.4 is 16.0 Å². The average Bonchev–Trinajstić information content (AvgIpc) is 2.83. The molecule has 7 N–H and O–H groups in total. The van der Waals surface area contributed by atoms with Gasteiger partial charge in [-0.25, -0.2) is 0 Å². The molecule has 4 rings (SSSR count). The van der Waals surface area contributed by atoms with Gasteiger partial charge in [0.05, 0.1) is 11.6 Å². The Kier molecular flexibility index (Phi) is 7.78. The van der Waals surface area contributed by atoms with Gasteiger partial charge in [-0.3, -0.25) is 19.3 Å². The van der Waals surface area contributed by atoms with Gasteiger partial charge in [-0.05, 0) is 68.9 Å². The first-order chi connectivity index (χ1) is 18.6. The van der Waals surface area contributed by atoms with Crippen molar-refractivity contribution in [3.8, 4) is 5.75 Å². The van der Waals surface area contributed by atoms with Crippen LogP contribution in [0.5, 0.6) is 5.75 Å². The molecule has 0 saturated carbocycles. The van der Waals surface area contributed by atoms with Crippen LogP contribution in [-0.4, -0.2) is 89.2 Å². The highest BCUT2D eigenvalue weighted by molar-refractivity contribution is 6.24. The number of likely N-dealkylation sites (N-methyl/N-ethyl adjacent to an activating group) is 1. The van der Waals surface area contributed by atoms with Crippen molar-refractivity contribution in [2.45, 2.75) is 51.3 Å². The molecule has 0 saturated heterocycles. The number of allylic oxidation sites excluding steroid dienone is 1. The molecule has 40 heavy (non-hydrogen) atoms. The second-order valence-electron chi connectivity index (χ2n) is 12.0. The van der Waals surface area contributed by atoms with Gasteiger partial charge in [0.2, 0.25) is 5.78 Å². The third kappa shape index (κ3) is 4.46. The van der Waals surface area contributed by atoms with Crippen molar-refractivity contribution in [2.75, 3.05) is 39.6 Å². The summed E-state index contributed by atoms with van der Waals surface area (Å²) >= 11 is 0. The Bertz CT molecular complexity index is 1330. The molecule has 0 spiro atoms. The monoisotopic (exact) mass is 556 g/mol. The molecule has 1 aromatic carbocycles. The molecular formula is C29H40N4O7. The molecule has 0 radical (unpaired) electrons. The van der Waals surface area contributed by atoms with E-state index < -0.39 is 58.0 Å². The number of benzene rings is 1. The number of Topliss-reactive ketones (excluding diaryl/α,β-unsaturated/α-hetero) is 2. The van der Waals surface area contributed by atoms with Crippen LogP contribution in [0.4, 0.5) is 5.69 Å². The predicted octanol–water partition coefficient (Wildman–Crippen LogP) is 1.32. The number of phenolic OH excluding ortho intramolecular Hbond substituents is 1. The molecule has 1 aromatic rings. The van der Waals surface area contributed by atoms with Gasteiger partial charge in [0, 0.05) is 37.8 Å². The summed E-state index contributed by atoms with van der Waals surface area (Å²) in [5, 5.41) is 48.5. The Balaban J connectivity index is 1.86. The Morgan fingerprint density at radius 3 is 2.38 bits per heavy atom. The standard InChI is InChI=1S/C29H40N4O7/c1-13(2)7-8-31-12-15-11-18(34)20-16(22(15)32(3)4)9-14-10-17-23(33(5)6)25(36)21(28(30)39)27(38)29(17,40)26(37)19(14)24(20)35/h11,13-14,17,23,31,34,36-37,40H,7-10,12H2,1-6H3,(H2,30,39)/t14-,17-,23-,29-/m0/s1. The summed E-state index contributed by atoms with van der Waals surface area (Å²) in [5.74, 6) is -6.03. The van der Waals surface area contributed by atoms with Gasteiger partial charge in [-0.2, -0.15) is 0 Å². The first-order valence-corrected chi connectivity index (χ1v) is 13.5. The van der Waals surface area contributed by atoms with Gasteiger partial charge in [0.15, 0.2) is 11.4 Å². The molecular weight excluding hydrogens is 516 g/mol. The number of primary amides is 1.